The van der Waals surface area contributed by atoms with Gasteiger partial charge in [-0.3, -0.25) is 9.36 Å². The molecule has 0 bridgehead atoms. The summed E-state index contributed by atoms with van der Waals surface area (Å²) in [6.45, 7) is 7.19. The van der Waals surface area contributed by atoms with Gasteiger partial charge >= 0.3 is 5.97 Å². The van der Waals surface area contributed by atoms with E-state index in [1.807, 2.05) is 43.5 Å². The van der Waals surface area contributed by atoms with Crippen LogP contribution in [0.1, 0.15) is 39.1 Å². The number of fused-ring (bicyclic) bond motifs is 1. The largest absolute Gasteiger partial charge is 0.497 e. The highest BCUT2D eigenvalue weighted by Gasteiger charge is 2.24. The summed E-state index contributed by atoms with van der Waals surface area (Å²) in [4.78, 5) is 31.0. The average Bonchev–Trinajstić information content (AvgIpc) is 3.11. The van der Waals surface area contributed by atoms with Gasteiger partial charge in [0.2, 0.25) is 0 Å². The number of carbonyl (C=O) groups excluding carboxylic acids is 1. The number of benzene rings is 1. The van der Waals surface area contributed by atoms with E-state index < -0.39 is 12.0 Å². The van der Waals surface area contributed by atoms with Gasteiger partial charge in [0.25, 0.3) is 5.56 Å². The van der Waals surface area contributed by atoms with Crippen molar-refractivity contribution < 1.29 is 14.3 Å². The highest BCUT2D eigenvalue weighted by Crippen LogP contribution is 2.32. The Morgan fingerprint density at radius 3 is 2.54 bits per heavy atom. The van der Waals surface area contributed by atoms with Crippen LogP contribution in [0.25, 0.3) is 21.3 Å². The number of ether oxygens (including phenoxy) is 2. The summed E-state index contributed by atoms with van der Waals surface area (Å²) in [7, 11) is 1.61. The molecule has 28 heavy (non-hydrogen) atoms. The SMILES string of the molecule is CCC(C)OC(=O)C(C)n1c(C)nc2scc(-c3ccc(OC)cc3)c2c1=O. The topological polar surface area (TPSA) is 70.4 Å². The third-order valence-electron chi connectivity index (χ3n) is 4.84. The number of hydrogen-bond donors (Lipinski definition) is 0. The van der Waals surface area contributed by atoms with Crippen LogP contribution in [-0.2, 0) is 9.53 Å². The van der Waals surface area contributed by atoms with E-state index in [9.17, 15) is 9.59 Å². The van der Waals surface area contributed by atoms with E-state index in [2.05, 4.69) is 4.98 Å². The van der Waals surface area contributed by atoms with Crippen molar-refractivity contribution in [2.45, 2.75) is 46.3 Å². The van der Waals surface area contributed by atoms with Crippen molar-refractivity contribution >= 4 is 27.5 Å². The van der Waals surface area contributed by atoms with Gasteiger partial charge in [-0.05, 0) is 44.9 Å². The first-order valence-electron chi connectivity index (χ1n) is 9.22. The third kappa shape index (κ3) is 3.67. The Kier molecular flexibility index (Phi) is 5.84. The van der Waals surface area contributed by atoms with Gasteiger partial charge in [0, 0.05) is 10.9 Å². The van der Waals surface area contributed by atoms with Gasteiger partial charge < -0.3 is 9.47 Å². The van der Waals surface area contributed by atoms with Gasteiger partial charge in [-0.15, -0.1) is 11.3 Å². The number of carbonyl (C=O) groups is 1. The van der Waals surface area contributed by atoms with E-state index in [-0.39, 0.29) is 11.7 Å². The van der Waals surface area contributed by atoms with E-state index in [0.717, 1.165) is 23.3 Å². The molecular formula is C21H24N2O4S. The van der Waals surface area contributed by atoms with Gasteiger partial charge in [-0.2, -0.15) is 0 Å². The molecule has 1 aromatic carbocycles. The predicted octanol–water partition coefficient (Wildman–Crippen LogP) is 4.34. The summed E-state index contributed by atoms with van der Waals surface area (Å²) >= 11 is 1.42. The van der Waals surface area contributed by atoms with Crippen molar-refractivity contribution in [3.05, 3.63) is 45.8 Å². The molecule has 0 aliphatic carbocycles. The first-order valence-corrected chi connectivity index (χ1v) is 10.1. The third-order valence-corrected chi connectivity index (χ3v) is 5.71. The summed E-state index contributed by atoms with van der Waals surface area (Å²) in [5, 5.41) is 2.44. The van der Waals surface area contributed by atoms with Crippen molar-refractivity contribution in [1.82, 2.24) is 9.55 Å². The standard InChI is InChI=1S/C21H24N2O4S/c1-6-12(2)27-21(25)13(3)23-14(4)22-19-18(20(23)24)17(11-28-19)15-7-9-16(26-5)10-8-15/h7-13H,6H2,1-5H3. The van der Waals surface area contributed by atoms with E-state index >= 15 is 0 Å². The van der Waals surface area contributed by atoms with Crippen molar-refractivity contribution in [3.63, 3.8) is 0 Å². The summed E-state index contributed by atoms with van der Waals surface area (Å²) in [5.74, 6) is 0.812. The first kappa shape index (κ1) is 20.1. The van der Waals surface area contributed by atoms with Gasteiger partial charge in [0.05, 0.1) is 18.6 Å². The average molecular weight is 401 g/mol. The normalized spacial score (nSPS) is 13.3. The lowest BCUT2D eigenvalue weighted by molar-refractivity contribution is -0.152. The lowest BCUT2D eigenvalue weighted by Gasteiger charge is -2.19. The van der Waals surface area contributed by atoms with Gasteiger partial charge in [-0.1, -0.05) is 19.1 Å². The summed E-state index contributed by atoms with van der Waals surface area (Å²) < 4.78 is 12.0. The zero-order valence-corrected chi connectivity index (χ0v) is 17.5. The van der Waals surface area contributed by atoms with Gasteiger partial charge in [-0.25, -0.2) is 9.78 Å². The molecule has 6 nitrogen and oxygen atoms in total. The van der Waals surface area contributed by atoms with Crippen molar-refractivity contribution in [2.75, 3.05) is 7.11 Å². The maximum Gasteiger partial charge on any atom is 0.329 e. The van der Waals surface area contributed by atoms with E-state index in [0.29, 0.717) is 16.0 Å². The zero-order chi connectivity index (χ0) is 20.4. The van der Waals surface area contributed by atoms with Gasteiger partial charge in [0.1, 0.15) is 22.4 Å². The van der Waals surface area contributed by atoms with Crippen molar-refractivity contribution in [2.24, 2.45) is 0 Å². The Hall–Kier alpha value is -2.67. The Labute approximate surface area is 167 Å². The fourth-order valence-corrected chi connectivity index (χ4v) is 4.01. The van der Waals surface area contributed by atoms with Crippen LogP contribution in [0.4, 0.5) is 0 Å². The molecule has 0 amide bonds. The minimum atomic E-state index is -0.748. The molecule has 2 aromatic heterocycles. The maximum atomic E-state index is 13.3. The molecule has 2 heterocycles. The van der Waals surface area contributed by atoms with E-state index in [4.69, 9.17) is 9.47 Å². The first-order chi connectivity index (χ1) is 13.4. The Morgan fingerprint density at radius 1 is 1.25 bits per heavy atom. The van der Waals surface area contributed by atoms with Crippen LogP contribution < -0.4 is 10.3 Å². The highest BCUT2D eigenvalue weighted by molar-refractivity contribution is 7.17. The van der Waals surface area contributed by atoms with Gasteiger partial charge in [0.15, 0.2) is 0 Å². The van der Waals surface area contributed by atoms with Crippen molar-refractivity contribution in [3.8, 4) is 16.9 Å². The molecule has 7 heteroatoms. The van der Waals surface area contributed by atoms with Crippen LogP contribution in [0.2, 0.25) is 0 Å². The lowest BCUT2D eigenvalue weighted by Crippen LogP contribution is -2.33. The van der Waals surface area contributed by atoms with E-state index in [1.165, 1.54) is 15.9 Å². The van der Waals surface area contributed by atoms with Crippen LogP contribution in [-0.4, -0.2) is 28.7 Å². The summed E-state index contributed by atoms with van der Waals surface area (Å²) in [6, 6.07) is 6.77. The molecule has 0 radical (unpaired) electrons. The predicted molar refractivity (Wildman–Crippen MR) is 111 cm³/mol. The fraction of sp³-hybridized carbons (Fsp3) is 0.381. The molecule has 2 atom stereocenters. The number of esters is 1. The smallest absolute Gasteiger partial charge is 0.329 e. The van der Waals surface area contributed by atoms with E-state index in [1.54, 1.807) is 21.0 Å². The molecule has 0 N–H and O–H groups in total. The Morgan fingerprint density at radius 2 is 1.93 bits per heavy atom. The molecule has 0 fully saturated rings. The molecule has 3 rings (SSSR count). The number of aromatic nitrogens is 2. The number of methoxy groups -OCH3 is 1. The minimum Gasteiger partial charge on any atom is -0.497 e. The molecule has 0 aliphatic rings. The molecule has 0 aliphatic heterocycles. The zero-order valence-electron chi connectivity index (χ0n) is 16.7. The number of thiophene rings is 1. The molecule has 0 saturated carbocycles. The molecule has 3 aromatic rings. The second kappa shape index (κ2) is 8.14. The minimum absolute atomic E-state index is 0.196. The monoisotopic (exact) mass is 400 g/mol. The lowest BCUT2D eigenvalue weighted by atomic mass is 10.1. The summed E-state index contributed by atoms with van der Waals surface area (Å²) in [5.41, 5.74) is 1.47. The number of rotatable bonds is 6. The Balaban J connectivity index is 2.10. The molecule has 148 valence electrons. The van der Waals surface area contributed by atoms with Crippen LogP contribution in [0, 0.1) is 6.92 Å². The van der Waals surface area contributed by atoms with Crippen LogP contribution in [0.5, 0.6) is 5.75 Å². The maximum absolute atomic E-state index is 13.3. The van der Waals surface area contributed by atoms with Crippen LogP contribution in [0.15, 0.2) is 34.4 Å². The quantitative estimate of drug-likeness (QED) is 0.576. The Bertz CT molecular complexity index is 1050. The number of nitrogens with zero attached hydrogens (tertiary/aromatic N) is 2. The number of hydrogen-bond acceptors (Lipinski definition) is 6. The molecule has 0 spiro atoms. The van der Waals surface area contributed by atoms with Crippen molar-refractivity contribution in [1.29, 1.82) is 0 Å². The second-order valence-electron chi connectivity index (χ2n) is 6.72. The van der Waals surface area contributed by atoms with Crippen LogP contribution in [0.3, 0.4) is 0 Å². The molecular weight excluding hydrogens is 376 g/mol. The molecule has 0 saturated heterocycles. The second-order valence-corrected chi connectivity index (χ2v) is 7.58. The fourth-order valence-electron chi connectivity index (χ4n) is 3.03. The highest BCUT2D eigenvalue weighted by atomic mass is 32.1. The number of aryl methyl sites for hydroxylation is 1. The summed E-state index contributed by atoms with van der Waals surface area (Å²) in [6.07, 6.45) is 0.522. The van der Waals surface area contributed by atoms with Crippen LogP contribution >= 0.6 is 11.3 Å². The molecule has 2 unspecified atom stereocenters.